The predicted molar refractivity (Wildman–Crippen MR) is 66.4 cm³/mol. The lowest BCUT2D eigenvalue weighted by atomic mass is 9.95. The Morgan fingerprint density at radius 3 is 2.75 bits per heavy atom. The predicted octanol–water partition coefficient (Wildman–Crippen LogP) is 1.68. The van der Waals surface area contributed by atoms with Gasteiger partial charge in [0, 0.05) is 12.6 Å². The van der Waals surface area contributed by atoms with Crippen LogP contribution in [-0.4, -0.2) is 35.5 Å². The van der Waals surface area contributed by atoms with Crippen LogP contribution in [0.4, 0.5) is 0 Å². The molecule has 96 valence electrons. The average molecular weight is 229 g/mol. The molecule has 1 saturated carbocycles. The van der Waals surface area contributed by atoms with Crippen LogP contribution in [0.1, 0.15) is 51.9 Å². The molecule has 0 saturated heterocycles. The van der Waals surface area contributed by atoms with E-state index in [9.17, 15) is 5.11 Å². The van der Waals surface area contributed by atoms with Gasteiger partial charge in [-0.25, -0.2) is 0 Å². The number of hydrogen-bond donors (Lipinski definition) is 3. The lowest BCUT2D eigenvalue weighted by Crippen LogP contribution is -2.36. The van der Waals surface area contributed by atoms with Crippen molar-refractivity contribution >= 4 is 0 Å². The summed E-state index contributed by atoms with van der Waals surface area (Å²) >= 11 is 0. The zero-order chi connectivity index (χ0) is 11.8. The van der Waals surface area contributed by atoms with Gasteiger partial charge < -0.3 is 15.5 Å². The van der Waals surface area contributed by atoms with Gasteiger partial charge in [-0.05, 0) is 25.2 Å². The molecule has 1 rings (SSSR count). The minimum atomic E-state index is -0.602. The zero-order valence-electron chi connectivity index (χ0n) is 10.5. The van der Waals surface area contributed by atoms with Gasteiger partial charge in [-0.1, -0.05) is 32.6 Å². The highest BCUT2D eigenvalue weighted by Crippen LogP contribution is 2.26. The molecule has 1 fully saturated rings. The van der Waals surface area contributed by atoms with E-state index in [1.54, 1.807) is 0 Å². The van der Waals surface area contributed by atoms with E-state index in [0.717, 1.165) is 5.92 Å². The van der Waals surface area contributed by atoms with E-state index in [1.807, 2.05) is 0 Å². The second kappa shape index (κ2) is 8.04. The molecule has 0 aromatic rings. The Bertz CT molecular complexity index is 175. The van der Waals surface area contributed by atoms with Crippen LogP contribution in [0.25, 0.3) is 0 Å². The van der Waals surface area contributed by atoms with Gasteiger partial charge in [0.15, 0.2) is 0 Å². The monoisotopic (exact) mass is 229 g/mol. The Balaban J connectivity index is 2.19. The first-order chi connectivity index (χ1) is 7.76. The van der Waals surface area contributed by atoms with Crippen molar-refractivity contribution in [2.45, 2.75) is 64.0 Å². The molecular weight excluding hydrogens is 202 g/mol. The minimum Gasteiger partial charge on any atom is -0.394 e. The summed E-state index contributed by atoms with van der Waals surface area (Å²) in [5.74, 6) is 0.916. The van der Waals surface area contributed by atoms with Crippen LogP contribution in [0.5, 0.6) is 0 Å². The normalized spacial score (nSPS) is 28.7. The van der Waals surface area contributed by atoms with Crippen LogP contribution in [0, 0.1) is 5.92 Å². The van der Waals surface area contributed by atoms with Crippen LogP contribution in [-0.2, 0) is 0 Å². The van der Waals surface area contributed by atoms with Gasteiger partial charge in [-0.15, -0.1) is 0 Å². The second-order valence-electron chi connectivity index (χ2n) is 5.10. The number of hydrogen-bond acceptors (Lipinski definition) is 3. The van der Waals surface area contributed by atoms with E-state index < -0.39 is 6.10 Å². The van der Waals surface area contributed by atoms with Gasteiger partial charge in [-0.3, -0.25) is 0 Å². The van der Waals surface area contributed by atoms with Crippen molar-refractivity contribution in [1.82, 2.24) is 5.32 Å². The fourth-order valence-electron chi connectivity index (χ4n) is 2.65. The Kier molecular flexibility index (Phi) is 7.01. The van der Waals surface area contributed by atoms with E-state index in [1.165, 1.54) is 44.9 Å². The molecule has 1 aliphatic rings. The van der Waals surface area contributed by atoms with Crippen molar-refractivity contribution in [3.8, 4) is 0 Å². The topological polar surface area (TPSA) is 52.5 Å². The fourth-order valence-corrected chi connectivity index (χ4v) is 2.65. The Hall–Kier alpha value is -0.120. The summed E-state index contributed by atoms with van der Waals surface area (Å²) in [5.41, 5.74) is 0. The summed E-state index contributed by atoms with van der Waals surface area (Å²) in [5, 5.41) is 21.4. The SMILES string of the molecule is CCCC1CCCC(NCC(O)CO)CC1. The van der Waals surface area contributed by atoms with Crippen molar-refractivity contribution in [2.75, 3.05) is 13.2 Å². The molecule has 0 aromatic carbocycles. The van der Waals surface area contributed by atoms with E-state index in [2.05, 4.69) is 12.2 Å². The first-order valence-corrected chi connectivity index (χ1v) is 6.78. The van der Waals surface area contributed by atoms with E-state index in [-0.39, 0.29) is 6.61 Å². The average Bonchev–Trinajstić information content (AvgIpc) is 2.52. The van der Waals surface area contributed by atoms with Crippen molar-refractivity contribution in [2.24, 2.45) is 5.92 Å². The highest BCUT2D eigenvalue weighted by atomic mass is 16.3. The van der Waals surface area contributed by atoms with Crippen LogP contribution in [0.2, 0.25) is 0 Å². The van der Waals surface area contributed by atoms with Gasteiger partial charge in [0.1, 0.15) is 0 Å². The summed E-state index contributed by atoms with van der Waals surface area (Å²) < 4.78 is 0. The smallest absolute Gasteiger partial charge is 0.0895 e. The summed E-state index contributed by atoms with van der Waals surface area (Å²) in [7, 11) is 0. The molecule has 3 atom stereocenters. The van der Waals surface area contributed by atoms with Crippen LogP contribution in [0.3, 0.4) is 0 Å². The molecule has 3 heteroatoms. The Morgan fingerprint density at radius 1 is 1.25 bits per heavy atom. The third kappa shape index (κ3) is 5.28. The van der Waals surface area contributed by atoms with Crippen LogP contribution < -0.4 is 5.32 Å². The highest BCUT2D eigenvalue weighted by Gasteiger charge is 2.18. The van der Waals surface area contributed by atoms with Gasteiger partial charge >= 0.3 is 0 Å². The quantitative estimate of drug-likeness (QED) is 0.607. The Labute approximate surface area is 99.3 Å². The van der Waals surface area contributed by atoms with Crippen molar-refractivity contribution in [3.05, 3.63) is 0 Å². The standard InChI is InChI=1S/C13H27NO2/c1-2-4-11-5-3-6-12(8-7-11)14-9-13(16)10-15/h11-16H,2-10H2,1H3. The molecule has 16 heavy (non-hydrogen) atoms. The lowest BCUT2D eigenvalue weighted by Gasteiger charge is -2.18. The number of rotatable bonds is 6. The summed E-state index contributed by atoms with van der Waals surface area (Å²) in [6, 6.07) is 0.544. The second-order valence-corrected chi connectivity index (χ2v) is 5.10. The van der Waals surface area contributed by atoms with E-state index in [0.29, 0.717) is 12.6 Å². The fraction of sp³-hybridized carbons (Fsp3) is 1.00. The largest absolute Gasteiger partial charge is 0.394 e. The Morgan fingerprint density at radius 2 is 2.06 bits per heavy atom. The van der Waals surface area contributed by atoms with Crippen molar-refractivity contribution < 1.29 is 10.2 Å². The first kappa shape index (κ1) is 13.9. The van der Waals surface area contributed by atoms with Crippen molar-refractivity contribution in [3.63, 3.8) is 0 Å². The summed E-state index contributed by atoms with van der Waals surface area (Å²) in [4.78, 5) is 0. The maximum Gasteiger partial charge on any atom is 0.0895 e. The number of nitrogens with one attached hydrogen (secondary N) is 1. The van der Waals surface area contributed by atoms with Crippen LogP contribution >= 0.6 is 0 Å². The molecular formula is C13H27NO2. The maximum absolute atomic E-state index is 9.28. The molecule has 3 nitrogen and oxygen atoms in total. The van der Waals surface area contributed by atoms with E-state index >= 15 is 0 Å². The molecule has 0 radical (unpaired) electrons. The van der Waals surface area contributed by atoms with E-state index in [4.69, 9.17) is 5.11 Å². The molecule has 3 N–H and O–H groups in total. The number of aliphatic hydroxyl groups excluding tert-OH is 2. The maximum atomic E-state index is 9.28. The molecule has 0 aliphatic heterocycles. The molecule has 0 amide bonds. The third-order valence-electron chi connectivity index (χ3n) is 3.64. The van der Waals surface area contributed by atoms with Gasteiger partial charge in [-0.2, -0.15) is 0 Å². The lowest BCUT2D eigenvalue weighted by molar-refractivity contribution is 0.0912. The van der Waals surface area contributed by atoms with Gasteiger partial charge in [0.05, 0.1) is 12.7 Å². The number of aliphatic hydroxyl groups is 2. The first-order valence-electron chi connectivity index (χ1n) is 6.78. The van der Waals surface area contributed by atoms with Gasteiger partial charge in [0.25, 0.3) is 0 Å². The summed E-state index contributed by atoms with van der Waals surface area (Å²) in [6.45, 7) is 2.65. The molecule has 0 spiro atoms. The third-order valence-corrected chi connectivity index (χ3v) is 3.64. The van der Waals surface area contributed by atoms with Gasteiger partial charge in [0.2, 0.25) is 0 Å². The van der Waals surface area contributed by atoms with Crippen LogP contribution in [0.15, 0.2) is 0 Å². The summed E-state index contributed by atoms with van der Waals surface area (Å²) in [6.07, 6.45) is 8.50. The zero-order valence-corrected chi connectivity index (χ0v) is 10.5. The molecule has 0 aromatic heterocycles. The van der Waals surface area contributed by atoms with Crippen molar-refractivity contribution in [1.29, 1.82) is 0 Å². The molecule has 0 heterocycles. The minimum absolute atomic E-state index is 0.141. The molecule has 0 bridgehead atoms. The molecule has 3 unspecified atom stereocenters. The highest BCUT2D eigenvalue weighted by molar-refractivity contribution is 4.75. The molecule has 1 aliphatic carbocycles.